The van der Waals surface area contributed by atoms with Crippen LogP contribution in [0.2, 0.25) is 0 Å². The third-order valence-corrected chi connectivity index (χ3v) is 3.38. The molecule has 1 aliphatic heterocycles. The molecule has 1 heterocycles. The molecule has 0 aromatic carbocycles. The Kier molecular flexibility index (Phi) is 1.35. The van der Waals surface area contributed by atoms with E-state index in [0.717, 1.165) is 12.1 Å². The van der Waals surface area contributed by atoms with Crippen LogP contribution in [0.5, 0.6) is 0 Å². The van der Waals surface area contributed by atoms with Crippen molar-refractivity contribution in [3.63, 3.8) is 0 Å². The van der Waals surface area contributed by atoms with E-state index in [2.05, 4.69) is 39.6 Å². The van der Waals surface area contributed by atoms with Crippen molar-refractivity contribution in [1.82, 2.24) is 4.90 Å². The van der Waals surface area contributed by atoms with E-state index in [1.54, 1.807) is 0 Å². The van der Waals surface area contributed by atoms with Crippen LogP contribution < -0.4 is 0 Å². The van der Waals surface area contributed by atoms with E-state index >= 15 is 0 Å². The smallest absolute Gasteiger partial charge is 0.0133 e. The monoisotopic (exact) mass is 127 g/mol. The first-order valence-electron chi connectivity index (χ1n) is 3.70. The quantitative estimate of drug-likeness (QED) is 0.479. The van der Waals surface area contributed by atoms with Crippen molar-refractivity contribution in [3.8, 4) is 0 Å². The number of hydrogen-bond acceptors (Lipinski definition) is 1. The standard InChI is InChI=1S/C8H17N/c1-6-8(3,4)7(2)9(6)5/h6-7H,1-5H3. The molecule has 0 aromatic rings. The third-order valence-electron chi connectivity index (χ3n) is 3.38. The largest absolute Gasteiger partial charge is 0.300 e. The third kappa shape index (κ3) is 0.710. The molecule has 1 aliphatic rings. The van der Waals surface area contributed by atoms with Crippen LogP contribution in [0.4, 0.5) is 0 Å². The topological polar surface area (TPSA) is 3.24 Å². The van der Waals surface area contributed by atoms with Gasteiger partial charge in [0.2, 0.25) is 0 Å². The molecular weight excluding hydrogens is 110 g/mol. The molecule has 1 heteroatoms. The maximum absolute atomic E-state index is 2.42. The summed E-state index contributed by atoms with van der Waals surface area (Å²) in [6.07, 6.45) is 0. The van der Waals surface area contributed by atoms with Crippen LogP contribution in [-0.2, 0) is 0 Å². The molecule has 1 rings (SSSR count). The first kappa shape index (κ1) is 7.07. The van der Waals surface area contributed by atoms with Gasteiger partial charge in [0.1, 0.15) is 0 Å². The molecule has 0 saturated carbocycles. The Morgan fingerprint density at radius 2 is 1.44 bits per heavy atom. The second-order valence-corrected chi connectivity index (χ2v) is 3.84. The summed E-state index contributed by atoms with van der Waals surface area (Å²) >= 11 is 0. The lowest BCUT2D eigenvalue weighted by atomic mass is 9.69. The van der Waals surface area contributed by atoms with Gasteiger partial charge in [-0.05, 0) is 26.3 Å². The fourth-order valence-corrected chi connectivity index (χ4v) is 1.65. The van der Waals surface area contributed by atoms with Crippen LogP contribution >= 0.6 is 0 Å². The summed E-state index contributed by atoms with van der Waals surface area (Å²) in [5.41, 5.74) is 0.536. The van der Waals surface area contributed by atoms with Gasteiger partial charge in [-0.1, -0.05) is 13.8 Å². The zero-order chi connectivity index (χ0) is 7.23. The maximum atomic E-state index is 2.42. The molecule has 54 valence electrons. The van der Waals surface area contributed by atoms with Crippen LogP contribution in [0.25, 0.3) is 0 Å². The fourth-order valence-electron chi connectivity index (χ4n) is 1.65. The van der Waals surface area contributed by atoms with Gasteiger partial charge in [0.15, 0.2) is 0 Å². The number of hydrogen-bond donors (Lipinski definition) is 0. The lowest BCUT2D eigenvalue weighted by molar-refractivity contribution is -0.0797. The molecule has 0 radical (unpaired) electrons. The lowest BCUT2D eigenvalue weighted by Crippen LogP contribution is -2.64. The Bertz CT molecular complexity index is 106. The molecular formula is C8H17N. The van der Waals surface area contributed by atoms with Gasteiger partial charge in [-0.25, -0.2) is 0 Å². The molecule has 2 unspecified atom stereocenters. The summed E-state index contributed by atoms with van der Waals surface area (Å²) in [6.45, 7) is 9.25. The Balaban J connectivity index is 2.62. The highest BCUT2D eigenvalue weighted by Crippen LogP contribution is 2.41. The van der Waals surface area contributed by atoms with Gasteiger partial charge in [0, 0.05) is 12.1 Å². The van der Waals surface area contributed by atoms with Crippen molar-refractivity contribution >= 4 is 0 Å². The average molecular weight is 127 g/mol. The molecule has 0 spiro atoms. The van der Waals surface area contributed by atoms with E-state index < -0.39 is 0 Å². The van der Waals surface area contributed by atoms with Crippen LogP contribution in [0.15, 0.2) is 0 Å². The summed E-state index contributed by atoms with van der Waals surface area (Å²) in [6, 6.07) is 1.51. The minimum absolute atomic E-state index is 0.536. The molecule has 0 aliphatic carbocycles. The van der Waals surface area contributed by atoms with Crippen molar-refractivity contribution in [2.45, 2.75) is 39.8 Å². The van der Waals surface area contributed by atoms with Crippen molar-refractivity contribution in [1.29, 1.82) is 0 Å². The zero-order valence-corrected chi connectivity index (χ0v) is 7.10. The van der Waals surface area contributed by atoms with Crippen molar-refractivity contribution in [2.24, 2.45) is 5.41 Å². The van der Waals surface area contributed by atoms with Gasteiger partial charge in [0.05, 0.1) is 0 Å². The molecule has 0 N–H and O–H groups in total. The average Bonchev–Trinajstić information content (AvgIpc) is 1.84. The molecule has 1 saturated heterocycles. The van der Waals surface area contributed by atoms with Gasteiger partial charge in [-0.15, -0.1) is 0 Å². The lowest BCUT2D eigenvalue weighted by Gasteiger charge is -2.57. The minimum Gasteiger partial charge on any atom is -0.300 e. The second-order valence-electron chi connectivity index (χ2n) is 3.84. The minimum atomic E-state index is 0.536. The van der Waals surface area contributed by atoms with Crippen molar-refractivity contribution in [2.75, 3.05) is 7.05 Å². The van der Waals surface area contributed by atoms with E-state index in [-0.39, 0.29) is 0 Å². The number of rotatable bonds is 0. The highest BCUT2D eigenvalue weighted by Gasteiger charge is 2.46. The normalized spacial score (nSPS) is 42.3. The Morgan fingerprint density at radius 3 is 1.56 bits per heavy atom. The summed E-state index contributed by atoms with van der Waals surface area (Å²) in [7, 11) is 2.20. The van der Waals surface area contributed by atoms with Crippen molar-refractivity contribution in [3.05, 3.63) is 0 Å². The van der Waals surface area contributed by atoms with E-state index in [9.17, 15) is 0 Å². The molecule has 1 fully saturated rings. The van der Waals surface area contributed by atoms with E-state index in [0.29, 0.717) is 5.41 Å². The van der Waals surface area contributed by atoms with Crippen LogP contribution in [0.1, 0.15) is 27.7 Å². The molecule has 9 heavy (non-hydrogen) atoms. The molecule has 1 nitrogen and oxygen atoms in total. The Labute approximate surface area is 58.0 Å². The Hall–Kier alpha value is -0.0400. The van der Waals surface area contributed by atoms with Gasteiger partial charge < -0.3 is 0 Å². The molecule has 0 bridgehead atoms. The van der Waals surface area contributed by atoms with Gasteiger partial charge in [-0.3, -0.25) is 4.90 Å². The maximum Gasteiger partial charge on any atom is 0.0133 e. The zero-order valence-electron chi connectivity index (χ0n) is 7.10. The van der Waals surface area contributed by atoms with Crippen LogP contribution in [-0.4, -0.2) is 24.0 Å². The second kappa shape index (κ2) is 1.72. The molecule has 0 amide bonds. The first-order chi connectivity index (χ1) is 3.98. The summed E-state index contributed by atoms with van der Waals surface area (Å²) in [4.78, 5) is 2.42. The summed E-state index contributed by atoms with van der Waals surface area (Å²) in [5.74, 6) is 0. The van der Waals surface area contributed by atoms with Gasteiger partial charge in [0.25, 0.3) is 0 Å². The summed E-state index contributed by atoms with van der Waals surface area (Å²) < 4.78 is 0. The molecule has 0 aromatic heterocycles. The highest BCUT2D eigenvalue weighted by atomic mass is 15.2. The highest BCUT2D eigenvalue weighted by molar-refractivity contribution is 5.00. The van der Waals surface area contributed by atoms with Crippen LogP contribution in [0, 0.1) is 5.41 Å². The Morgan fingerprint density at radius 1 is 1.11 bits per heavy atom. The van der Waals surface area contributed by atoms with Gasteiger partial charge >= 0.3 is 0 Å². The predicted molar refractivity (Wildman–Crippen MR) is 40.5 cm³/mol. The van der Waals surface area contributed by atoms with E-state index in [4.69, 9.17) is 0 Å². The number of nitrogens with zero attached hydrogens (tertiary/aromatic N) is 1. The summed E-state index contributed by atoms with van der Waals surface area (Å²) in [5, 5.41) is 0. The fraction of sp³-hybridized carbons (Fsp3) is 1.00. The first-order valence-corrected chi connectivity index (χ1v) is 3.70. The van der Waals surface area contributed by atoms with E-state index in [1.807, 2.05) is 0 Å². The SMILES string of the molecule is CC1N(C)C(C)C1(C)C. The van der Waals surface area contributed by atoms with Crippen molar-refractivity contribution < 1.29 is 0 Å². The van der Waals surface area contributed by atoms with Gasteiger partial charge in [-0.2, -0.15) is 0 Å². The van der Waals surface area contributed by atoms with Crippen LogP contribution in [0.3, 0.4) is 0 Å². The molecule has 2 atom stereocenters. The predicted octanol–water partition coefficient (Wildman–Crippen LogP) is 1.74. The number of likely N-dealkylation sites (tertiary alicyclic amines) is 1. The van der Waals surface area contributed by atoms with E-state index in [1.165, 1.54) is 0 Å².